The molecule has 89 valence electrons. The summed E-state index contributed by atoms with van der Waals surface area (Å²) in [5.41, 5.74) is 0.229. The zero-order valence-electron chi connectivity index (χ0n) is 9.02. The number of carbonyl (C=O) groups is 2. The third-order valence-electron chi connectivity index (χ3n) is 2.84. The normalized spacial score (nSPS) is 19.4. The first-order valence-electron chi connectivity index (χ1n) is 5.27. The van der Waals surface area contributed by atoms with Crippen molar-refractivity contribution in [3.63, 3.8) is 0 Å². The lowest BCUT2D eigenvalue weighted by molar-refractivity contribution is -0.141. The van der Waals surface area contributed by atoms with Crippen molar-refractivity contribution in [1.29, 1.82) is 0 Å². The molecular weight excluding hydrogens is 225 g/mol. The highest BCUT2D eigenvalue weighted by molar-refractivity contribution is 5.94. The van der Waals surface area contributed by atoms with Gasteiger partial charge < -0.3 is 10.0 Å². The number of rotatable bonds is 2. The van der Waals surface area contributed by atoms with Crippen molar-refractivity contribution in [2.75, 3.05) is 13.1 Å². The van der Waals surface area contributed by atoms with Gasteiger partial charge >= 0.3 is 5.97 Å². The van der Waals surface area contributed by atoms with Crippen LogP contribution in [0.3, 0.4) is 0 Å². The van der Waals surface area contributed by atoms with Crippen LogP contribution in [0.4, 0.5) is 4.39 Å². The molecular formula is C12H11FNO3. The molecule has 1 heterocycles. The van der Waals surface area contributed by atoms with E-state index >= 15 is 0 Å². The van der Waals surface area contributed by atoms with Gasteiger partial charge in [-0.2, -0.15) is 0 Å². The second kappa shape index (κ2) is 4.53. The molecule has 1 aliphatic heterocycles. The molecule has 1 unspecified atom stereocenters. The summed E-state index contributed by atoms with van der Waals surface area (Å²) in [4.78, 5) is 24.1. The Labute approximate surface area is 97.7 Å². The zero-order chi connectivity index (χ0) is 12.4. The van der Waals surface area contributed by atoms with Gasteiger partial charge in [-0.05, 0) is 18.6 Å². The van der Waals surface area contributed by atoms with Gasteiger partial charge in [0.2, 0.25) is 0 Å². The van der Waals surface area contributed by atoms with Crippen LogP contribution < -0.4 is 0 Å². The molecule has 0 aromatic heterocycles. The Balaban J connectivity index is 2.09. The standard InChI is InChI=1S/C12H11FNO3/c13-10-3-1-2-8(6-10)11(15)14-5-4-9(7-14)12(16)17/h1-2,6,9H,4-5,7H2,(H,16,17). The second-order valence-electron chi connectivity index (χ2n) is 4.00. The number of likely N-dealkylation sites (tertiary alicyclic amines) is 1. The monoisotopic (exact) mass is 236 g/mol. The van der Waals surface area contributed by atoms with Crippen LogP contribution in [0.15, 0.2) is 18.2 Å². The first-order valence-corrected chi connectivity index (χ1v) is 5.27. The Morgan fingerprint density at radius 3 is 2.88 bits per heavy atom. The van der Waals surface area contributed by atoms with Gasteiger partial charge in [-0.15, -0.1) is 0 Å². The van der Waals surface area contributed by atoms with Crippen molar-refractivity contribution in [3.05, 3.63) is 35.6 Å². The maximum Gasteiger partial charge on any atom is 0.308 e. The van der Waals surface area contributed by atoms with Gasteiger partial charge in [0, 0.05) is 24.7 Å². The van der Waals surface area contributed by atoms with Crippen molar-refractivity contribution in [2.45, 2.75) is 6.42 Å². The number of halogens is 1. The van der Waals surface area contributed by atoms with Crippen molar-refractivity contribution in [1.82, 2.24) is 4.90 Å². The molecule has 1 amide bonds. The lowest BCUT2D eigenvalue weighted by Crippen LogP contribution is -2.29. The molecule has 0 bridgehead atoms. The fraction of sp³-hybridized carbons (Fsp3) is 0.333. The number of amides is 1. The predicted molar refractivity (Wildman–Crippen MR) is 56.9 cm³/mol. The second-order valence-corrected chi connectivity index (χ2v) is 4.00. The maximum absolute atomic E-state index is 12.9. The van der Waals surface area contributed by atoms with Crippen LogP contribution in [0, 0.1) is 17.8 Å². The van der Waals surface area contributed by atoms with Gasteiger partial charge in [0.1, 0.15) is 5.82 Å². The zero-order valence-corrected chi connectivity index (χ0v) is 9.02. The lowest BCUT2D eigenvalue weighted by atomic mass is 10.1. The first kappa shape index (κ1) is 11.6. The quantitative estimate of drug-likeness (QED) is 0.838. The minimum absolute atomic E-state index is 0.189. The molecule has 1 fully saturated rings. The third-order valence-corrected chi connectivity index (χ3v) is 2.84. The first-order chi connectivity index (χ1) is 8.08. The molecule has 1 N–H and O–H groups in total. The predicted octanol–water partition coefficient (Wildman–Crippen LogP) is 1.17. The number of carbonyl (C=O) groups excluding carboxylic acids is 1. The van der Waals surface area contributed by atoms with Crippen LogP contribution in [-0.4, -0.2) is 35.0 Å². The molecule has 4 nitrogen and oxygen atoms in total. The number of carboxylic acid groups (broad SMARTS) is 1. The fourth-order valence-corrected chi connectivity index (χ4v) is 1.90. The molecule has 0 spiro atoms. The van der Waals surface area contributed by atoms with Crippen molar-refractivity contribution in [2.24, 2.45) is 5.92 Å². The topological polar surface area (TPSA) is 57.6 Å². The maximum atomic E-state index is 12.9. The Morgan fingerprint density at radius 2 is 2.29 bits per heavy atom. The van der Waals surface area contributed by atoms with Gasteiger partial charge in [-0.25, -0.2) is 4.39 Å². The Morgan fingerprint density at radius 1 is 1.53 bits per heavy atom. The smallest absolute Gasteiger partial charge is 0.308 e. The highest BCUT2D eigenvalue weighted by Crippen LogP contribution is 2.19. The molecule has 1 aromatic carbocycles. The molecule has 0 saturated carbocycles. The van der Waals surface area contributed by atoms with Gasteiger partial charge in [-0.1, -0.05) is 6.07 Å². The molecule has 0 aliphatic carbocycles. The molecule has 1 radical (unpaired) electrons. The Bertz CT molecular complexity index is 461. The minimum Gasteiger partial charge on any atom is -0.481 e. The Kier molecular flexibility index (Phi) is 3.08. The Hall–Kier alpha value is -1.91. The SMILES string of the molecule is O=C(O)C1CCN(C(=O)c2cc[c]c(F)c2)C1. The van der Waals surface area contributed by atoms with Crippen LogP contribution in [0.1, 0.15) is 16.8 Å². The number of nitrogens with zero attached hydrogens (tertiary/aromatic N) is 1. The largest absolute Gasteiger partial charge is 0.481 e. The van der Waals surface area contributed by atoms with E-state index in [1.807, 2.05) is 0 Å². The van der Waals surface area contributed by atoms with Crippen molar-refractivity contribution >= 4 is 11.9 Å². The van der Waals surface area contributed by atoms with E-state index in [2.05, 4.69) is 6.07 Å². The van der Waals surface area contributed by atoms with E-state index in [9.17, 15) is 14.0 Å². The summed E-state index contributed by atoms with van der Waals surface area (Å²) < 4.78 is 12.9. The summed E-state index contributed by atoms with van der Waals surface area (Å²) in [6.45, 7) is 0.588. The van der Waals surface area contributed by atoms with E-state index in [1.54, 1.807) is 0 Å². The summed E-state index contributed by atoms with van der Waals surface area (Å²) in [6, 6.07) is 6.23. The van der Waals surface area contributed by atoms with Crippen LogP contribution in [0.2, 0.25) is 0 Å². The van der Waals surface area contributed by atoms with Gasteiger partial charge in [0.05, 0.1) is 5.92 Å². The molecule has 1 saturated heterocycles. The summed E-state index contributed by atoms with van der Waals surface area (Å²) in [7, 11) is 0. The summed E-state index contributed by atoms with van der Waals surface area (Å²) in [5.74, 6) is -2.33. The lowest BCUT2D eigenvalue weighted by Gasteiger charge is -2.15. The number of hydrogen-bond acceptors (Lipinski definition) is 2. The summed E-state index contributed by atoms with van der Waals surface area (Å²) in [5, 5.41) is 8.82. The average molecular weight is 236 g/mol. The highest BCUT2D eigenvalue weighted by Gasteiger charge is 2.31. The molecule has 1 aliphatic rings. The fourth-order valence-electron chi connectivity index (χ4n) is 1.90. The molecule has 5 heteroatoms. The number of carboxylic acids is 1. The highest BCUT2D eigenvalue weighted by atomic mass is 19.1. The van der Waals surface area contributed by atoms with E-state index in [1.165, 1.54) is 17.0 Å². The van der Waals surface area contributed by atoms with Crippen molar-refractivity contribution in [3.8, 4) is 0 Å². The van der Waals surface area contributed by atoms with E-state index in [-0.39, 0.29) is 18.0 Å². The van der Waals surface area contributed by atoms with E-state index in [0.717, 1.165) is 6.07 Å². The average Bonchev–Trinajstić information content (AvgIpc) is 2.77. The van der Waals surface area contributed by atoms with Crippen LogP contribution in [0.5, 0.6) is 0 Å². The molecule has 1 aromatic rings. The number of benzene rings is 1. The number of aliphatic carboxylic acids is 1. The van der Waals surface area contributed by atoms with Gasteiger partial charge in [-0.3, -0.25) is 9.59 Å². The van der Waals surface area contributed by atoms with Gasteiger partial charge in [0.15, 0.2) is 0 Å². The minimum atomic E-state index is -0.895. The van der Waals surface area contributed by atoms with Crippen LogP contribution >= 0.6 is 0 Å². The third kappa shape index (κ3) is 2.43. The summed E-state index contributed by atoms with van der Waals surface area (Å²) >= 11 is 0. The van der Waals surface area contributed by atoms with Crippen LogP contribution in [-0.2, 0) is 4.79 Å². The van der Waals surface area contributed by atoms with E-state index in [0.29, 0.717) is 13.0 Å². The summed E-state index contributed by atoms with van der Waals surface area (Å²) in [6.07, 6.45) is 0.447. The molecule has 2 rings (SSSR count). The number of hydrogen-bond donors (Lipinski definition) is 1. The molecule has 1 atom stereocenters. The molecule has 17 heavy (non-hydrogen) atoms. The van der Waals surface area contributed by atoms with E-state index < -0.39 is 17.7 Å². The van der Waals surface area contributed by atoms with Gasteiger partial charge in [0.25, 0.3) is 5.91 Å². The van der Waals surface area contributed by atoms with Crippen molar-refractivity contribution < 1.29 is 19.1 Å². The van der Waals surface area contributed by atoms with Crippen LogP contribution in [0.25, 0.3) is 0 Å². The van der Waals surface area contributed by atoms with E-state index in [4.69, 9.17) is 5.11 Å².